The number of primary amides is 1. The van der Waals surface area contributed by atoms with E-state index in [0.717, 1.165) is 12.8 Å². The topological polar surface area (TPSA) is 122 Å². The molecule has 0 aromatic rings. The standard InChI is InChI=1S/C12H19N3O5/c13-10(16)4-3-9(11(17)18)14-12(19)15-5-7-1-2-8(6-15)20-7/h7-9H,1-6H2,(H2,13,16)(H,14,19)(H,17,18)/t7?,8?,9-/m0/s1. The number of ether oxygens (including phenoxy) is 1. The van der Waals surface area contributed by atoms with Crippen molar-refractivity contribution < 1.29 is 24.2 Å². The number of carbonyl (C=O) groups is 3. The van der Waals surface area contributed by atoms with Gasteiger partial charge in [0.1, 0.15) is 6.04 Å². The first kappa shape index (κ1) is 14.6. The zero-order valence-corrected chi connectivity index (χ0v) is 11.1. The Hall–Kier alpha value is -1.83. The van der Waals surface area contributed by atoms with E-state index in [4.69, 9.17) is 15.6 Å². The van der Waals surface area contributed by atoms with Crippen LogP contribution in [0.25, 0.3) is 0 Å². The Labute approximate surface area is 116 Å². The van der Waals surface area contributed by atoms with E-state index in [1.54, 1.807) is 4.90 Å². The van der Waals surface area contributed by atoms with Gasteiger partial charge in [0, 0.05) is 19.5 Å². The van der Waals surface area contributed by atoms with Gasteiger partial charge in [-0.1, -0.05) is 0 Å². The summed E-state index contributed by atoms with van der Waals surface area (Å²) in [6.45, 7) is 0.953. The highest BCUT2D eigenvalue weighted by Gasteiger charge is 2.36. The number of aliphatic carboxylic acids is 1. The molecule has 0 spiro atoms. The molecule has 0 saturated carbocycles. The van der Waals surface area contributed by atoms with Crippen LogP contribution in [0.15, 0.2) is 0 Å². The summed E-state index contributed by atoms with van der Waals surface area (Å²) in [6.07, 6.45) is 1.87. The lowest BCUT2D eigenvalue weighted by molar-refractivity contribution is -0.139. The van der Waals surface area contributed by atoms with E-state index >= 15 is 0 Å². The van der Waals surface area contributed by atoms with Crippen molar-refractivity contribution in [3.8, 4) is 0 Å². The molecule has 2 aliphatic heterocycles. The van der Waals surface area contributed by atoms with Gasteiger partial charge in [-0.2, -0.15) is 0 Å². The first-order chi connectivity index (χ1) is 9.45. The van der Waals surface area contributed by atoms with Crippen LogP contribution < -0.4 is 11.1 Å². The van der Waals surface area contributed by atoms with Gasteiger partial charge < -0.3 is 25.8 Å². The Morgan fingerprint density at radius 2 is 1.90 bits per heavy atom. The lowest BCUT2D eigenvalue weighted by atomic mass is 10.1. The smallest absolute Gasteiger partial charge is 0.326 e. The van der Waals surface area contributed by atoms with E-state index in [-0.39, 0.29) is 25.0 Å². The molecule has 3 atom stereocenters. The lowest BCUT2D eigenvalue weighted by Gasteiger charge is -2.32. The molecule has 0 aromatic heterocycles. The highest BCUT2D eigenvalue weighted by atomic mass is 16.5. The molecule has 2 heterocycles. The Balaban J connectivity index is 1.87. The summed E-state index contributed by atoms with van der Waals surface area (Å²) >= 11 is 0. The Kier molecular flexibility index (Phi) is 4.43. The first-order valence-corrected chi connectivity index (χ1v) is 6.67. The third-order valence-corrected chi connectivity index (χ3v) is 3.61. The highest BCUT2D eigenvalue weighted by molar-refractivity contribution is 5.83. The minimum atomic E-state index is -1.17. The van der Waals surface area contributed by atoms with Crippen molar-refractivity contribution in [2.24, 2.45) is 5.73 Å². The van der Waals surface area contributed by atoms with Gasteiger partial charge in [0.05, 0.1) is 12.2 Å². The summed E-state index contributed by atoms with van der Waals surface area (Å²) in [4.78, 5) is 35.4. The summed E-state index contributed by atoms with van der Waals surface area (Å²) in [5.41, 5.74) is 4.99. The average molecular weight is 285 g/mol. The molecule has 0 radical (unpaired) electrons. The number of carboxylic acid groups (broad SMARTS) is 1. The van der Waals surface area contributed by atoms with Gasteiger partial charge in [-0.3, -0.25) is 4.79 Å². The number of urea groups is 1. The number of rotatable bonds is 5. The fourth-order valence-electron chi connectivity index (χ4n) is 2.56. The number of carboxylic acids is 1. The normalized spacial score (nSPS) is 26.1. The van der Waals surface area contributed by atoms with Crippen LogP contribution >= 0.6 is 0 Å². The number of fused-ring (bicyclic) bond motifs is 2. The minimum Gasteiger partial charge on any atom is -0.480 e. The van der Waals surface area contributed by atoms with Gasteiger partial charge in [0.2, 0.25) is 5.91 Å². The van der Waals surface area contributed by atoms with Crippen LogP contribution in [0.1, 0.15) is 25.7 Å². The largest absolute Gasteiger partial charge is 0.480 e. The van der Waals surface area contributed by atoms with E-state index in [0.29, 0.717) is 13.1 Å². The van der Waals surface area contributed by atoms with Gasteiger partial charge >= 0.3 is 12.0 Å². The van der Waals surface area contributed by atoms with E-state index in [1.165, 1.54) is 0 Å². The lowest BCUT2D eigenvalue weighted by Crippen LogP contribution is -2.53. The maximum Gasteiger partial charge on any atom is 0.326 e. The van der Waals surface area contributed by atoms with Gasteiger partial charge in [-0.05, 0) is 19.3 Å². The highest BCUT2D eigenvalue weighted by Crippen LogP contribution is 2.26. The molecule has 8 heteroatoms. The van der Waals surface area contributed by atoms with Crippen LogP contribution in [0.4, 0.5) is 4.79 Å². The fraction of sp³-hybridized carbons (Fsp3) is 0.750. The molecule has 0 aliphatic carbocycles. The van der Waals surface area contributed by atoms with E-state index in [2.05, 4.69) is 5.32 Å². The molecule has 8 nitrogen and oxygen atoms in total. The summed E-state index contributed by atoms with van der Waals surface area (Å²) < 4.78 is 5.61. The quantitative estimate of drug-likeness (QED) is 0.615. The van der Waals surface area contributed by atoms with Crippen LogP contribution in [-0.2, 0) is 14.3 Å². The number of nitrogens with two attached hydrogens (primary N) is 1. The Morgan fingerprint density at radius 3 is 2.40 bits per heavy atom. The minimum absolute atomic E-state index is 0.00635. The van der Waals surface area contributed by atoms with E-state index in [1.807, 2.05) is 0 Å². The number of nitrogens with one attached hydrogen (secondary N) is 1. The van der Waals surface area contributed by atoms with Gasteiger partial charge in [-0.15, -0.1) is 0 Å². The maximum atomic E-state index is 12.1. The number of hydrogen-bond donors (Lipinski definition) is 3. The molecule has 0 aromatic carbocycles. The Bertz CT molecular complexity index is 402. The Morgan fingerprint density at radius 1 is 1.30 bits per heavy atom. The molecule has 2 saturated heterocycles. The van der Waals surface area contributed by atoms with Crippen LogP contribution in [0.5, 0.6) is 0 Å². The van der Waals surface area contributed by atoms with Crippen molar-refractivity contribution in [1.82, 2.24) is 10.2 Å². The zero-order valence-electron chi connectivity index (χ0n) is 11.1. The number of hydrogen-bond acceptors (Lipinski definition) is 4. The number of nitrogens with zero attached hydrogens (tertiary/aromatic N) is 1. The molecular weight excluding hydrogens is 266 g/mol. The van der Waals surface area contributed by atoms with Gasteiger partial charge in [0.15, 0.2) is 0 Å². The second-order valence-corrected chi connectivity index (χ2v) is 5.21. The van der Waals surface area contributed by atoms with Crippen LogP contribution in [0.3, 0.4) is 0 Å². The molecule has 2 aliphatic rings. The molecule has 112 valence electrons. The molecule has 2 fully saturated rings. The number of carbonyl (C=O) groups excluding carboxylic acids is 2. The van der Waals surface area contributed by atoms with Crippen molar-refractivity contribution in [3.63, 3.8) is 0 Å². The summed E-state index contributed by atoms with van der Waals surface area (Å²) in [6, 6.07) is -1.53. The summed E-state index contributed by atoms with van der Waals surface area (Å²) in [5.74, 6) is -1.76. The zero-order chi connectivity index (χ0) is 14.7. The number of morpholine rings is 1. The van der Waals surface area contributed by atoms with Gasteiger partial charge in [-0.25, -0.2) is 9.59 Å². The van der Waals surface area contributed by atoms with Crippen molar-refractivity contribution in [1.29, 1.82) is 0 Å². The predicted molar refractivity (Wildman–Crippen MR) is 67.9 cm³/mol. The third kappa shape index (κ3) is 3.60. The average Bonchev–Trinajstić information content (AvgIpc) is 2.72. The molecule has 2 bridgehead atoms. The molecule has 2 rings (SSSR count). The second-order valence-electron chi connectivity index (χ2n) is 5.21. The SMILES string of the molecule is NC(=O)CC[C@H](NC(=O)N1CC2CCC(C1)O2)C(=O)O. The third-order valence-electron chi connectivity index (χ3n) is 3.61. The first-order valence-electron chi connectivity index (χ1n) is 6.67. The molecule has 2 unspecified atom stereocenters. The van der Waals surface area contributed by atoms with Gasteiger partial charge in [0.25, 0.3) is 0 Å². The van der Waals surface area contributed by atoms with Crippen molar-refractivity contribution in [2.45, 2.75) is 43.9 Å². The van der Waals surface area contributed by atoms with Crippen LogP contribution in [0.2, 0.25) is 0 Å². The number of likely N-dealkylation sites (tertiary alicyclic amines) is 1. The predicted octanol–water partition coefficient (Wildman–Crippen LogP) is -0.722. The van der Waals surface area contributed by atoms with E-state index in [9.17, 15) is 14.4 Å². The summed E-state index contributed by atoms with van der Waals surface area (Å²) in [7, 11) is 0. The number of amides is 3. The second kappa shape index (κ2) is 6.08. The van der Waals surface area contributed by atoms with Crippen molar-refractivity contribution in [3.05, 3.63) is 0 Å². The summed E-state index contributed by atoms with van der Waals surface area (Å²) in [5, 5.41) is 11.5. The molecule has 20 heavy (non-hydrogen) atoms. The van der Waals surface area contributed by atoms with Crippen molar-refractivity contribution >= 4 is 17.9 Å². The maximum absolute atomic E-state index is 12.1. The van der Waals surface area contributed by atoms with Crippen LogP contribution in [0, 0.1) is 0 Å². The monoisotopic (exact) mass is 285 g/mol. The molecule has 4 N–H and O–H groups in total. The van der Waals surface area contributed by atoms with Crippen molar-refractivity contribution in [2.75, 3.05) is 13.1 Å². The van der Waals surface area contributed by atoms with Crippen LogP contribution in [-0.4, -0.2) is 59.3 Å². The molecular formula is C12H19N3O5. The fourth-order valence-corrected chi connectivity index (χ4v) is 2.56. The molecule has 3 amide bonds. The van der Waals surface area contributed by atoms with E-state index < -0.39 is 23.9 Å².